The predicted molar refractivity (Wildman–Crippen MR) is 79.5 cm³/mol. The number of amides is 1. The number of aromatic nitrogens is 2. The summed E-state index contributed by atoms with van der Waals surface area (Å²) in [4.78, 5) is 12.3. The van der Waals surface area contributed by atoms with Gasteiger partial charge in [0.05, 0.1) is 5.69 Å². The molecule has 2 saturated carbocycles. The highest BCUT2D eigenvalue weighted by Gasteiger charge is 2.40. The summed E-state index contributed by atoms with van der Waals surface area (Å²) >= 11 is 0. The quantitative estimate of drug-likeness (QED) is 0.918. The molecule has 0 saturated heterocycles. The van der Waals surface area contributed by atoms with Gasteiger partial charge in [0.15, 0.2) is 0 Å². The van der Waals surface area contributed by atoms with Crippen LogP contribution in [-0.4, -0.2) is 15.7 Å². The van der Waals surface area contributed by atoms with Gasteiger partial charge in [-0.1, -0.05) is 13.3 Å². The summed E-state index contributed by atoms with van der Waals surface area (Å²) in [5, 5.41) is 7.53. The van der Waals surface area contributed by atoms with Gasteiger partial charge in [0.2, 0.25) is 5.91 Å². The van der Waals surface area contributed by atoms with Crippen LogP contribution in [0.2, 0.25) is 0 Å². The van der Waals surface area contributed by atoms with Gasteiger partial charge < -0.3 is 5.32 Å². The van der Waals surface area contributed by atoms with E-state index in [0.29, 0.717) is 12.3 Å². The number of carbonyl (C=O) groups is 1. The van der Waals surface area contributed by atoms with Gasteiger partial charge in [-0.05, 0) is 50.4 Å². The Morgan fingerprint density at radius 1 is 1.40 bits per heavy atom. The fourth-order valence-electron chi connectivity index (χ4n) is 4.24. The van der Waals surface area contributed by atoms with Gasteiger partial charge in [0.25, 0.3) is 0 Å². The van der Waals surface area contributed by atoms with E-state index in [-0.39, 0.29) is 5.91 Å². The first-order chi connectivity index (χ1) is 9.58. The lowest BCUT2D eigenvalue weighted by atomic mass is 9.86. The van der Waals surface area contributed by atoms with E-state index in [2.05, 4.69) is 17.3 Å². The number of hydrogen-bond acceptors (Lipinski definition) is 2. The van der Waals surface area contributed by atoms with Crippen LogP contribution in [0.25, 0.3) is 0 Å². The van der Waals surface area contributed by atoms with Crippen molar-refractivity contribution in [3.05, 3.63) is 11.3 Å². The maximum absolute atomic E-state index is 12.3. The molecule has 1 N–H and O–H groups in total. The van der Waals surface area contributed by atoms with Crippen LogP contribution >= 0.6 is 0 Å². The minimum absolute atomic E-state index is 0.163. The maximum atomic E-state index is 12.3. The van der Waals surface area contributed by atoms with Crippen molar-refractivity contribution in [1.82, 2.24) is 9.78 Å². The standard InChI is InChI=1S/C16H25N3O/c1-4-14-10(2)16(19(3)18-14)17-15(20)9-13-8-11-5-6-12(13)7-11/h11-13H,4-9H2,1-3H3,(H,17,20)/t11-,12-,13+/m0/s1. The van der Waals surface area contributed by atoms with Crippen molar-refractivity contribution in [2.75, 3.05) is 5.32 Å². The molecule has 0 aliphatic heterocycles. The number of hydrogen-bond donors (Lipinski definition) is 1. The lowest BCUT2D eigenvalue weighted by molar-refractivity contribution is -0.117. The molecule has 20 heavy (non-hydrogen) atoms. The molecular formula is C16H25N3O. The molecule has 0 spiro atoms. The molecule has 2 fully saturated rings. The molecule has 1 heterocycles. The molecule has 110 valence electrons. The minimum Gasteiger partial charge on any atom is -0.311 e. The first kappa shape index (κ1) is 13.7. The second-order valence-corrected chi connectivity index (χ2v) is 6.58. The molecule has 0 aromatic carbocycles. The van der Waals surface area contributed by atoms with Crippen LogP contribution < -0.4 is 5.32 Å². The summed E-state index contributed by atoms with van der Waals surface area (Å²) in [5.41, 5.74) is 2.18. The third kappa shape index (κ3) is 2.36. The van der Waals surface area contributed by atoms with E-state index in [1.165, 1.54) is 25.7 Å². The van der Waals surface area contributed by atoms with Gasteiger partial charge in [0, 0.05) is 19.0 Å². The highest BCUT2D eigenvalue weighted by molar-refractivity contribution is 5.90. The number of rotatable bonds is 4. The first-order valence-corrected chi connectivity index (χ1v) is 7.90. The Morgan fingerprint density at radius 3 is 2.75 bits per heavy atom. The Balaban J connectivity index is 1.63. The lowest BCUT2D eigenvalue weighted by Crippen LogP contribution is -2.21. The number of aryl methyl sites for hydroxylation is 2. The number of nitrogens with one attached hydrogen (secondary N) is 1. The zero-order chi connectivity index (χ0) is 14.3. The molecule has 1 aromatic heterocycles. The summed E-state index contributed by atoms with van der Waals surface area (Å²) < 4.78 is 1.80. The molecule has 0 radical (unpaired) electrons. The fourth-order valence-corrected chi connectivity index (χ4v) is 4.24. The SMILES string of the molecule is CCc1nn(C)c(NC(=O)C[C@H]2C[C@H]3CC[C@H]2C3)c1C. The summed E-state index contributed by atoms with van der Waals surface area (Å²) in [6.07, 6.45) is 6.96. The zero-order valence-corrected chi connectivity index (χ0v) is 12.8. The van der Waals surface area contributed by atoms with Crippen LogP contribution in [-0.2, 0) is 18.3 Å². The second kappa shape index (κ2) is 5.23. The highest BCUT2D eigenvalue weighted by Crippen LogP contribution is 2.49. The average Bonchev–Trinajstić information content (AvgIpc) is 3.09. The zero-order valence-electron chi connectivity index (χ0n) is 12.8. The van der Waals surface area contributed by atoms with Crippen LogP contribution in [0.3, 0.4) is 0 Å². The maximum Gasteiger partial charge on any atom is 0.225 e. The van der Waals surface area contributed by atoms with E-state index < -0.39 is 0 Å². The first-order valence-electron chi connectivity index (χ1n) is 7.90. The van der Waals surface area contributed by atoms with Gasteiger partial charge in [-0.15, -0.1) is 0 Å². The molecule has 2 bridgehead atoms. The Labute approximate surface area is 120 Å². The van der Waals surface area contributed by atoms with Gasteiger partial charge in [0.1, 0.15) is 5.82 Å². The third-order valence-corrected chi connectivity index (χ3v) is 5.31. The molecule has 3 rings (SSSR count). The molecule has 1 amide bonds. The number of carbonyl (C=O) groups excluding carboxylic acids is 1. The van der Waals surface area contributed by atoms with Gasteiger partial charge >= 0.3 is 0 Å². The van der Waals surface area contributed by atoms with Gasteiger partial charge in [-0.3, -0.25) is 9.48 Å². The Bertz CT molecular complexity index is 520. The van der Waals surface area contributed by atoms with Crippen LogP contribution in [0.1, 0.15) is 50.3 Å². The highest BCUT2D eigenvalue weighted by atomic mass is 16.1. The van der Waals surface area contributed by atoms with Crippen LogP contribution in [0, 0.1) is 24.7 Å². The van der Waals surface area contributed by atoms with Crippen molar-refractivity contribution >= 4 is 11.7 Å². The van der Waals surface area contributed by atoms with Crippen LogP contribution in [0.15, 0.2) is 0 Å². The van der Waals surface area contributed by atoms with Crippen molar-refractivity contribution in [3.8, 4) is 0 Å². The van der Waals surface area contributed by atoms with E-state index >= 15 is 0 Å². The fraction of sp³-hybridized carbons (Fsp3) is 0.750. The van der Waals surface area contributed by atoms with E-state index in [0.717, 1.165) is 35.3 Å². The summed E-state index contributed by atoms with van der Waals surface area (Å²) in [6.45, 7) is 4.13. The van der Waals surface area contributed by atoms with E-state index in [1.54, 1.807) is 4.68 Å². The Kier molecular flexibility index (Phi) is 3.57. The summed E-state index contributed by atoms with van der Waals surface area (Å²) in [6, 6.07) is 0. The number of anilines is 1. The molecule has 3 atom stereocenters. The van der Waals surface area contributed by atoms with Crippen molar-refractivity contribution in [3.63, 3.8) is 0 Å². The average molecular weight is 275 g/mol. The predicted octanol–water partition coefficient (Wildman–Crippen LogP) is 3.06. The van der Waals surface area contributed by atoms with Crippen molar-refractivity contribution in [1.29, 1.82) is 0 Å². The van der Waals surface area contributed by atoms with Crippen molar-refractivity contribution in [2.45, 2.75) is 52.4 Å². The van der Waals surface area contributed by atoms with Gasteiger partial charge in [-0.25, -0.2) is 0 Å². The topological polar surface area (TPSA) is 46.9 Å². The van der Waals surface area contributed by atoms with Gasteiger partial charge in [-0.2, -0.15) is 5.10 Å². The monoisotopic (exact) mass is 275 g/mol. The molecular weight excluding hydrogens is 250 g/mol. The van der Waals surface area contributed by atoms with Crippen LogP contribution in [0.5, 0.6) is 0 Å². The molecule has 2 aliphatic rings. The molecule has 4 nitrogen and oxygen atoms in total. The summed E-state index contributed by atoms with van der Waals surface area (Å²) in [7, 11) is 1.90. The minimum atomic E-state index is 0.163. The van der Waals surface area contributed by atoms with Crippen LogP contribution in [0.4, 0.5) is 5.82 Å². The van der Waals surface area contributed by atoms with E-state index in [1.807, 2.05) is 14.0 Å². The molecule has 0 unspecified atom stereocenters. The lowest BCUT2D eigenvalue weighted by Gasteiger charge is -2.21. The second-order valence-electron chi connectivity index (χ2n) is 6.58. The van der Waals surface area contributed by atoms with E-state index in [9.17, 15) is 4.79 Å². The Hall–Kier alpha value is -1.32. The number of nitrogens with zero attached hydrogens (tertiary/aromatic N) is 2. The normalized spacial score (nSPS) is 28.1. The van der Waals surface area contributed by atoms with Crippen molar-refractivity contribution < 1.29 is 4.79 Å². The van der Waals surface area contributed by atoms with Crippen molar-refractivity contribution in [2.24, 2.45) is 24.8 Å². The Morgan fingerprint density at radius 2 is 2.20 bits per heavy atom. The molecule has 1 aromatic rings. The largest absolute Gasteiger partial charge is 0.311 e. The molecule has 2 aliphatic carbocycles. The van der Waals surface area contributed by atoms with E-state index in [4.69, 9.17) is 0 Å². The third-order valence-electron chi connectivity index (χ3n) is 5.31. The summed E-state index contributed by atoms with van der Waals surface area (Å²) in [5.74, 6) is 3.37. The number of fused-ring (bicyclic) bond motifs is 2. The molecule has 4 heteroatoms. The smallest absolute Gasteiger partial charge is 0.225 e.